The second-order valence-electron chi connectivity index (χ2n) is 3.92. The van der Waals surface area contributed by atoms with Crippen LogP contribution in [0.15, 0.2) is 36.5 Å². The molecular weight excluding hydrogens is 236 g/mol. The predicted octanol–water partition coefficient (Wildman–Crippen LogP) is 2.90. The van der Waals surface area contributed by atoms with Crippen LogP contribution in [-0.4, -0.2) is 10.9 Å². The summed E-state index contributed by atoms with van der Waals surface area (Å²) in [5, 5.41) is 3.45. The molecule has 3 rings (SSSR count). The second-order valence-corrected chi connectivity index (χ2v) is 4.35. The predicted molar refractivity (Wildman–Crippen MR) is 67.0 cm³/mol. The largest absolute Gasteiger partial charge is 0.310 e. The lowest BCUT2D eigenvalue weighted by Gasteiger charge is -2.06. The van der Waals surface area contributed by atoms with Crippen LogP contribution in [0.1, 0.15) is 5.56 Å². The van der Waals surface area contributed by atoms with Gasteiger partial charge in [-0.1, -0.05) is 23.7 Å². The fraction of sp³-hybridized carbons (Fsp3) is 0.0769. The summed E-state index contributed by atoms with van der Waals surface area (Å²) < 4.78 is 0. The van der Waals surface area contributed by atoms with Crippen molar-refractivity contribution in [1.29, 1.82) is 0 Å². The summed E-state index contributed by atoms with van der Waals surface area (Å²) in [6.45, 7) is 0. The third kappa shape index (κ3) is 1.78. The molecular formula is C13H9ClN2O. The standard InChI is InChI=1S/C13H9ClN2O/c14-9-3-1-8(2-4-9)10-5-6-15-13-11(10)7-12(17)16-13/h1-6H,7H2,(H,15,16,17). The topological polar surface area (TPSA) is 42.0 Å². The fourth-order valence-corrected chi connectivity index (χ4v) is 2.14. The number of carbonyl (C=O) groups excluding carboxylic acids is 1. The Bertz CT molecular complexity index is 593. The first-order valence-electron chi connectivity index (χ1n) is 5.28. The van der Waals surface area contributed by atoms with Gasteiger partial charge in [0, 0.05) is 16.8 Å². The minimum atomic E-state index is -0.00564. The van der Waals surface area contributed by atoms with Crippen molar-refractivity contribution in [2.45, 2.75) is 6.42 Å². The van der Waals surface area contributed by atoms with Gasteiger partial charge in [0.1, 0.15) is 5.82 Å². The van der Waals surface area contributed by atoms with E-state index in [1.807, 2.05) is 30.3 Å². The number of pyridine rings is 1. The number of nitrogens with zero attached hydrogens (tertiary/aromatic N) is 1. The summed E-state index contributed by atoms with van der Waals surface area (Å²) in [4.78, 5) is 15.5. The van der Waals surface area contributed by atoms with Crippen molar-refractivity contribution in [3.63, 3.8) is 0 Å². The van der Waals surface area contributed by atoms with Gasteiger partial charge >= 0.3 is 0 Å². The van der Waals surface area contributed by atoms with Gasteiger partial charge in [-0.3, -0.25) is 4.79 Å². The van der Waals surface area contributed by atoms with Gasteiger partial charge in [-0.2, -0.15) is 0 Å². The monoisotopic (exact) mass is 244 g/mol. The van der Waals surface area contributed by atoms with Crippen LogP contribution in [0.5, 0.6) is 0 Å². The smallest absolute Gasteiger partial charge is 0.230 e. The summed E-state index contributed by atoms with van der Waals surface area (Å²) in [5.74, 6) is 0.663. The Balaban J connectivity index is 2.13. The maximum Gasteiger partial charge on any atom is 0.230 e. The number of carbonyl (C=O) groups is 1. The molecule has 1 aliphatic rings. The molecule has 0 fully saturated rings. The molecule has 1 N–H and O–H groups in total. The highest BCUT2D eigenvalue weighted by Gasteiger charge is 2.22. The SMILES string of the molecule is O=C1Cc2c(-c3ccc(Cl)cc3)ccnc2N1. The Hall–Kier alpha value is -1.87. The minimum absolute atomic E-state index is 0.00564. The lowest BCUT2D eigenvalue weighted by molar-refractivity contribution is -0.115. The summed E-state index contributed by atoms with van der Waals surface area (Å²) in [6, 6.07) is 9.49. The van der Waals surface area contributed by atoms with E-state index in [0.29, 0.717) is 17.3 Å². The van der Waals surface area contributed by atoms with E-state index >= 15 is 0 Å². The van der Waals surface area contributed by atoms with Crippen molar-refractivity contribution in [3.8, 4) is 11.1 Å². The summed E-state index contributed by atoms with van der Waals surface area (Å²) in [6.07, 6.45) is 2.09. The van der Waals surface area contributed by atoms with Crippen LogP contribution in [0, 0.1) is 0 Å². The summed E-state index contributed by atoms with van der Waals surface area (Å²) in [5.41, 5.74) is 3.04. The Kier molecular flexibility index (Phi) is 2.34. The van der Waals surface area contributed by atoms with Crippen molar-refractivity contribution in [2.24, 2.45) is 0 Å². The van der Waals surface area contributed by atoms with Crippen LogP contribution in [0.2, 0.25) is 5.02 Å². The van der Waals surface area contributed by atoms with E-state index in [1.165, 1.54) is 0 Å². The third-order valence-electron chi connectivity index (χ3n) is 2.81. The third-order valence-corrected chi connectivity index (χ3v) is 3.06. The van der Waals surface area contributed by atoms with Gasteiger partial charge in [0.15, 0.2) is 0 Å². The highest BCUT2D eigenvalue weighted by atomic mass is 35.5. The van der Waals surface area contributed by atoms with Gasteiger partial charge < -0.3 is 5.32 Å². The lowest BCUT2D eigenvalue weighted by atomic mass is 10.0. The van der Waals surface area contributed by atoms with Crippen LogP contribution in [0.3, 0.4) is 0 Å². The van der Waals surface area contributed by atoms with Crippen LogP contribution >= 0.6 is 11.6 Å². The van der Waals surface area contributed by atoms with Crippen LogP contribution < -0.4 is 5.32 Å². The zero-order valence-corrected chi connectivity index (χ0v) is 9.66. The molecule has 0 radical (unpaired) electrons. The first kappa shape index (κ1) is 10.3. The molecule has 17 heavy (non-hydrogen) atoms. The zero-order chi connectivity index (χ0) is 11.8. The number of amides is 1. The number of nitrogens with one attached hydrogen (secondary N) is 1. The van der Waals surface area contributed by atoms with E-state index in [0.717, 1.165) is 16.7 Å². The summed E-state index contributed by atoms with van der Waals surface area (Å²) >= 11 is 5.86. The number of fused-ring (bicyclic) bond motifs is 1. The molecule has 0 saturated carbocycles. The van der Waals surface area contributed by atoms with E-state index in [4.69, 9.17) is 11.6 Å². The van der Waals surface area contributed by atoms with Crippen molar-refractivity contribution in [3.05, 3.63) is 47.1 Å². The molecule has 1 aromatic carbocycles. The van der Waals surface area contributed by atoms with Crippen LogP contribution in [0.25, 0.3) is 11.1 Å². The first-order chi connectivity index (χ1) is 8.24. The number of rotatable bonds is 1. The van der Waals surface area contributed by atoms with Crippen LogP contribution in [0.4, 0.5) is 5.82 Å². The Labute approximate surface area is 103 Å². The summed E-state index contributed by atoms with van der Waals surface area (Å²) in [7, 11) is 0. The van der Waals surface area contributed by atoms with E-state index < -0.39 is 0 Å². The maximum absolute atomic E-state index is 11.4. The number of anilines is 1. The van der Waals surface area contributed by atoms with Gasteiger partial charge in [0.25, 0.3) is 0 Å². The van der Waals surface area contributed by atoms with E-state index in [1.54, 1.807) is 6.20 Å². The van der Waals surface area contributed by atoms with Crippen LogP contribution in [-0.2, 0) is 11.2 Å². The molecule has 0 bridgehead atoms. The Morgan fingerprint density at radius 1 is 1.18 bits per heavy atom. The molecule has 1 amide bonds. The van der Waals surface area contributed by atoms with E-state index in [-0.39, 0.29) is 5.91 Å². The fourth-order valence-electron chi connectivity index (χ4n) is 2.02. The zero-order valence-electron chi connectivity index (χ0n) is 8.90. The second kappa shape index (κ2) is 3.86. The molecule has 0 unspecified atom stereocenters. The molecule has 84 valence electrons. The molecule has 4 heteroatoms. The quantitative estimate of drug-likeness (QED) is 0.838. The van der Waals surface area contributed by atoms with Crippen molar-refractivity contribution < 1.29 is 4.79 Å². The van der Waals surface area contributed by atoms with E-state index in [2.05, 4.69) is 10.3 Å². The van der Waals surface area contributed by atoms with Gasteiger partial charge in [-0.15, -0.1) is 0 Å². The number of hydrogen-bond donors (Lipinski definition) is 1. The molecule has 1 aliphatic heterocycles. The molecule has 2 heterocycles. The lowest BCUT2D eigenvalue weighted by Crippen LogP contribution is -2.04. The molecule has 0 atom stereocenters. The first-order valence-corrected chi connectivity index (χ1v) is 5.65. The van der Waals surface area contributed by atoms with Gasteiger partial charge in [0.2, 0.25) is 5.91 Å². The van der Waals surface area contributed by atoms with E-state index in [9.17, 15) is 4.79 Å². The number of hydrogen-bond acceptors (Lipinski definition) is 2. The van der Waals surface area contributed by atoms with Gasteiger partial charge in [-0.25, -0.2) is 4.98 Å². The Morgan fingerprint density at radius 2 is 1.94 bits per heavy atom. The molecule has 2 aromatic rings. The van der Waals surface area contributed by atoms with Gasteiger partial charge in [-0.05, 0) is 29.3 Å². The number of aromatic nitrogens is 1. The highest BCUT2D eigenvalue weighted by molar-refractivity contribution is 6.30. The highest BCUT2D eigenvalue weighted by Crippen LogP contribution is 2.31. The maximum atomic E-state index is 11.4. The molecule has 3 nitrogen and oxygen atoms in total. The average Bonchev–Trinajstić information content (AvgIpc) is 2.70. The van der Waals surface area contributed by atoms with Crippen molar-refractivity contribution in [2.75, 3.05) is 5.32 Å². The number of halogens is 1. The van der Waals surface area contributed by atoms with Crippen molar-refractivity contribution in [1.82, 2.24) is 4.98 Å². The average molecular weight is 245 g/mol. The van der Waals surface area contributed by atoms with Crippen molar-refractivity contribution >= 4 is 23.3 Å². The normalized spacial score (nSPS) is 13.4. The minimum Gasteiger partial charge on any atom is -0.310 e. The molecule has 1 aromatic heterocycles. The molecule has 0 spiro atoms. The molecule has 0 saturated heterocycles. The molecule has 0 aliphatic carbocycles. The number of benzene rings is 1. The Morgan fingerprint density at radius 3 is 2.71 bits per heavy atom. The van der Waals surface area contributed by atoms with Gasteiger partial charge in [0.05, 0.1) is 6.42 Å².